The third-order valence-electron chi connectivity index (χ3n) is 3.35. The molecule has 0 saturated heterocycles. The van der Waals surface area contributed by atoms with Crippen LogP contribution in [0.15, 0.2) is 48.5 Å². The number of anilines is 1. The van der Waals surface area contributed by atoms with Crippen molar-refractivity contribution in [3.63, 3.8) is 0 Å². The standard InChI is InChI=1S/C20H25NO3/c1-4-5-13-23-19-8-6-7-17(14-19)21-20(22)16-9-11-18(12-10-16)24-15(2)3/h6-12,14-15H,4-5,13H2,1-3H3,(H,21,22). The van der Waals surface area contributed by atoms with E-state index in [1.54, 1.807) is 24.3 Å². The highest BCUT2D eigenvalue weighted by atomic mass is 16.5. The monoisotopic (exact) mass is 327 g/mol. The Bertz CT molecular complexity index is 650. The second kappa shape index (κ2) is 8.96. The van der Waals surface area contributed by atoms with Crippen LogP contribution in [-0.4, -0.2) is 18.6 Å². The SMILES string of the molecule is CCCCOc1cccc(NC(=O)c2ccc(OC(C)C)cc2)c1. The first-order valence-corrected chi connectivity index (χ1v) is 8.39. The summed E-state index contributed by atoms with van der Waals surface area (Å²) in [6, 6.07) is 14.6. The lowest BCUT2D eigenvalue weighted by molar-refractivity contribution is 0.102. The van der Waals surface area contributed by atoms with Gasteiger partial charge in [0.05, 0.1) is 12.7 Å². The van der Waals surface area contributed by atoms with Crippen LogP contribution in [0.4, 0.5) is 5.69 Å². The Morgan fingerprint density at radius 2 is 1.83 bits per heavy atom. The number of hydrogen-bond donors (Lipinski definition) is 1. The van der Waals surface area contributed by atoms with Gasteiger partial charge in [0.1, 0.15) is 11.5 Å². The summed E-state index contributed by atoms with van der Waals surface area (Å²) in [5, 5.41) is 2.89. The first-order valence-electron chi connectivity index (χ1n) is 8.39. The number of unbranched alkanes of at least 4 members (excludes halogenated alkanes) is 1. The fraction of sp³-hybridized carbons (Fsp3) is 0.350. The van der Waals surface area contributed by atoms with Gasteiger partial charge in [-0.05, 0) is 56.7 Å². The van der Waals surface area contributed by atoms with E-state index in [2.05, 4.69) is 12.2 Å². The van der Waals surface area contributed by atoms with E-state index in [-0.39, 0.29) is 12.0 Å². The molecule has 0 spiro atoms. The topological polar surface area (TPSA) is 47.6 Å². The molecule has 0 aliphatic rings. The molecule has 24 heavy (non-hydrogen) atoms. The Morgan fingerprint density at radius 1 is 1.08 bits per heavy atom. The summed E-state index contributed by atoms with van der Waals surface area (Å²) in [6.45, 7) is 6.75. The molecule has 0 radical (unpaired) electrons. The molecule has 0 atom stereocenters. The zero-order valence-corrected chi connectivity index (χ0v) is 14.5. The van der Waals surface area contributed by atoms with Crippen LogP contribution < -0.4 is 14.8 Å². The van der Waals surface area contributed by atoms with Gasteiger partial charge in [-0.25, -0.2) is 0 Å². The number of rotatable bonds is 8. The average molecular weight is 327 g/mol. The molecule has 0 bridgehead atoms. The molecule has 1 N–H and O–H groups in total. The second-order valence-electron chi connectivity index (χ2n) is 5.87. The van der Waals surface area contributed by atoms with Crippen LogP contribution in [0.1, 0.15) is 44.0 Å². The minimum absolute atomic E-state index is 0.111. The Hall–Kier alpha value is -2.49. The lowest BCUT2D eigenvalue weighted by Crippen LogP contribution is -2.12. The van der Waals surface area contributed by atoms with Crippen molar-refractivity contribution in [2.24, 2.45) is 0 Å². The molecule has 0 fully saturated rings. The highest BCUT2D eigenvalue weighted by Crippen LogP contribution is 2.19. The maximum atomic E-state index is 12.3. The zero-order valence-electron chi connectivity index (χ0n) is 14.5. The number of benzene rings is 2. The fourth-order valence-electron chi connectivity index (χ4n) is 2.16. The van der Waals surface area contributed by atoms with Gasteiger partial charge in [0.2, 0.25) is 0 Å². The molecule has 4 heteroatoms. The molecule has 2 aromatic rings. The van der Waals surface area contributed by atoms with Gasteiger partial charge in [0, 0.05) is 17.3 Å². The molecule has 4 nitrogen and oxygen atoms in total. The van der Waals surface area contributed by atoms with Crippen molar-refractivity contribution in [3.05, 3.63) is 54.1 Å². The van der Waals surface area contributed by atoms with Crippen LogP contribution in [0.5, 0.6) is 11.5 Å². The summed E-state index contributed by atoms with van der Waals surface area (Å²) < 4.78 is 11.2. The first kappa shape index (κ1) is 17.9. The molecule has 128 valence electrons. The third kappa shape index (κ3) is 5.61. The van der Waals surface area contributed by atoms with E-state index in [0.717, 1.165) is 30.0 Å². The maximum Gasteiger partial charge on any atom is 0.255 e. The predicted molar refractivity (Wildman–Crippen MR) is 97.0 cm³/mol. The van der Waals surface area contributed by atoms with E-state index < -0.39 is 0 Å². The Morgan fingerprint density at radius 3 is 2.50 bits per heavy atom. The van der Waals surface area contributed by atoms with Crippen molar-refractivity contribution in [2.75, 3.05) is 11.9 Å². The third-order valence-corrected chi connectivity index (χ3v) is 3.35. The second-order valence-corrected chi connectivity index (χ2v) is 5.87. The van der Waals surface area contributed by atoms with Gasteiger partial charge in [-0.2, -0.15) is 0 Å². The molecule has 0 heterocycles. The van der Waals surface area contributed by atoms with Gasteiger partial charge < -0.3 is 14.8 Å². The molecular formula is C20H25NO3. The van der Waals surface area contributed by atoms with E-state index >= 15 is 0 Å². The quantitative estimate of drug-likeness (QED) is 0.701. The Kier molecular flexibility index (Phi) is 6.67. The van der Waals surface area contributed by atoms with Gasteiger partial charge in [0.25, 0.3) is 5.91 Å². The van der Waals surface area contributed by atoms with Crippen LogP contribution in [0, 0.1) is 0 Å². The average Bonchev–Trinajstić information content (AvgIpc) is 2.55. The lowest BCUT2D eigenvalue weighted by atomic mass is 10.2. The summed E-state index contributed by atoms with van der Waals surface area (Å²) in [4.78, 5) is 12.3. The molecule has 0 unspecified atom stereocenters. The van der Waals surface area contributed by atoms with Crippen molar-refractivity contribution in [1.29, 1.82) is 0 Å². The highest BCUT2D eigenvalue weighted by molar-refractivity contribution is 6.04. The maximum absolute atomic E-state index is 12.3. The van der Waals surface area contributed by atoms with Gasteiger partial charge in [-0.3, -0.25) is 4.79 Å². The van der Waals surface area contributed by atoms with Crippen LogP contribution in [-0.2, 0) is 0 Å². The molecule has 2 aromatic carbocycles. The first-order chi connectivity index (χ1) is 11.6. The summed E-state index contributed by atoms with van der Waals surface area (Å²) in [5.74, 6) is 1.37. The normalized spacial score (nSPS) is 10.5. The van der Waals surface area contributed by atoms with E-state index in [1.165, 1.54) is 0 Å². The largest absolute Gasteiger partial charge is 0.494 e. The van der Waals surface area contributed by atoms with Crippen molar-refractivity contribution >= 4 is 11.6 Å². The zero-order chi connectivity index (χ0) is 17.4. The smallest absolute Gasteiger partial charge is 0.255 e. The van der Waals surface area contributed by atoms with Crippen LogP contribution in [0.25, 0.3) is 0 Å². The Balaban J connectivity index is 1.97. The van der Waals surface area contributed by atoms with Crippen molar-refractivity contribution in [1.82, 2.24) is 0 Å². The molecule has 2 rings (SSSR count). The van der Waals surface area contributed by atoms with Gasteiger partial charge in [0.15, 0.2) is 0 Å². The van der Waals surface area contributed by atoms with Crippen LogP contribution in [0.2, 0.25) is 0 Å². The Labute approximate surface area is 143 Å². The number of hydrogen-bond acceptors (Lipinski definition) is 3. The van der Waals surface area contributed by atoms with Gasteiger partial charge in [-0.15, -0.1) is 0 Å². The molecule has 0 aliphatic heterocycles. The van der Waals surface area contributed by atoms with Gasteiger partial charge in [-0.1, -0.05) is 19.4 Å². The number of carbonyl (C=O) groups is 1. The van der Waals surface area contributed by atoms with Crippen molar-refractivity contribution in [3.8, 4) is 11.5 Å². The fourth-order valence-corrected chi connectivity index (χ4v) is 2.16. The predicted octanol–water partition coefficient (Wildman–Crippen LogP) is 4.91. The molecule has 0 aliphatic carbocycles. The molecular weight excluding hydrogens is 302 g/mol. The van der Waals surface area contributed by atoms with Gasteiger partial charge >= 0.3 is 0 Å². The molecule has 1 amide bonds. The summed E-state index contributed by atoms with van der Waals surface area (Å²) >= 11 is 0. The number of ether oxygens (including phenoxy) is 2. The summed E-state index contributed by atoms with van der Waals surface area (Å²) in [7, 11) is 0. The molecule has 0 aromatic heterocycles. The van der Waals surface area contributed by atoms with E-state index in [4.69, 9.17) is 9.47 Å². The van der Waals surface area contributed by atoms with Crippen molar-refractivity contribution in [2.45, 2.75) is 39.7 Å². The highest BCUT2D eigenvalue weighted by Gasteiger charge is 2.07. The number of nitrogens with one attached hydrogen (secondary N) is 1. The minimum Gasteiger partial charge on any atom is -0.494 e. The summed E-state index contributed by atoms with van der Waals surface area (Å²) in [5.41, 5.74) is 1.31. The number of carbonyl (C=O) groups excluding carboxylic acids is 1. The van der Waals surface area contributed by atoms with E-state index in [0.29, 0.717) is 12.2 Å². The van der Waals surface area contributed by atoms with Crippen LogP contribution in [0.3, 0.4) is 0 Å². The number of amides is 1. The van der Waals surface area contributed by atoms with Crippen molar-refractivity contribution < 1.29 is 14.3 Å². The minimum atomic E-state index is -0.156. The summed E-state index contributed by atoms with van der Waals surface area (Å²) in [6.07, 6.45) is 2.22. The van der Waals surface area contributed by atoms with E-state index in [1.807, 2.05) is 38.1 Å². The van der Waals surface area contributed by atoms with Crippen LogP contribution >= 0.6 is 0 Å². The lowest BCUT2D eigenvalue weighted by Gasteiger charge is -2.11. The molecule has 0 saturated carbocycles. The van der Waals surface area contributed by atoms with E-state index in [9.17, 15) is 4.79 Å².